The molecule has 1 N–H and O–H groups in total. The first kappa shape index (κ1) is 14.8. The molecule has 1 heterocycles. The molecule has 0 aliphatic carbocycles. The Balaban J connectivity index is 2.05. The van der Waals surface area contributed by atoms with Gasteiger partial charge in [-0.05, 0) is 19.4 Å². The molecule has 1 aromatic heterocycles. The van der Waals surface area contributed by atoms with Crippen LogP contribution in [0.25, 0.3) is 0 Å². The molecule has 0 radical (unpaired) electrons. The third-order valence-electron chi connectivity index (χ3n) is 2.81. The van der Waals surface area contributed by atoms with Gasteiger partial charge in [0.25, 0.3) is 0 Å². The predicted molar refractivity (Wildman–Crippen MR) is 81.1 cm³/mol. The molecule has 2 rings (SSSR count). The molecule has 0 bridgehead atoms. The summed E-state index contributed by atoms with van der Waals surface area (Å²) in [5.74, 6) is 1.36. The molecule has 0 aliphatic rings. The first-order chi connectivity index (χ1) is 9.69. The number of halogens is 1. The Bertz CT molecular complexity index is 528. The fourth-order valence-electron chi connectivity index (χ4n) is 1.96. The van der Waals surface area contributed by atoms with Crippen LogP contribution in [0, 0.1) is 6.92 Å². The maximum absolute atomic E-state index is 5.92. The Hall–Kier alpha value is -1.65. The van der Waals surface area contributed by atoms with Crippen molar-refractivity contribution in [2.75, 3.05) is 18.5 Å². The minimum atomic E-state index is -0.0183. The number of ether oxygens (including phenoxy) is 1. The van der Waals surface area contributed by atoms with Crippen LogP contribution in [0.5, 0.6) is 0 Å². The number of rotatable bonds is 6. The van der Waals surface area contributed by atoms with Gasteiger partial charge >= 0.3 is 0 Å². The molecule has 0 aliphatic heterocycles. The van der Waals surface area contributed by atoms with Crippen LogP contribution >= 0.6 is 11.6 Å². The number of benzene rings is 1. The molecule has 0 fully saturated rings. The average molecular weight is 292 g/mol. The van der Waals surface area contributed by atoms with Crippen LogP contribution in [0.2, 0.25) is 5.15 Å². The smallest absolute Gasteiger partial charge is 0.134 e. The van der Waals surface area contributed by atoms with Crippen LogP contribution in [0.4, 0.5) is 5.82 Å². The van der Waals surface area contributed by atoms with Crippen LogP contribution in [-0.2, 0) is 4.74 Å². The van der Waals surface area contributed by atoms with Crippen molar-refractivity contribution in [2.45, 2.75) is 20.0 Å². The predicted octanol–water partition coefficient (Wildman–Crippen LogP) is 3.63. The van der Waals surface area contributed by atoms with Crippen molar-refractivity contribution in [1.29, 1.82) is 0 Å². The van der Waals surface area contributed by atoms with Crippen molar-refractivity contribution in [3.05, 3.63) is 52.9 Å². The van der Waals surface area contributed by atoms with Crippen LogP contribution in [0.1, 0.15) is 24.4 Å². The van der Waals surface area contributed by atoms with Gasteiger partial charge in [-0.3, -0.25) is 0 Å². The van der Waals surface area contributed by atoms with Crippen molar-refractivity contribution >= 4 is 17.4 Å². The number of hydrogen-bond acceptors (Lipinski definition) is 4. The first-order valence-electron chi connectivity index (χ1n) is 6.60. The molecule has 106 valence electrons. The Kier molecular flexibility index (Phi) is 5.32. The molecule has 1 aromatic carbocycles. The first-order valence-corrected chi connectivity index (χ1v) is 6.98. The molecular weight excluding hydrogens is 274 g/mol. The highest BCUT2D eigenvalue weighted by Gasteiger charge is 2.11. The van der Waals surface area contributed by atoms with E-state index in [4.69, 9.17) is 16.3 Å². The van der Waals surface area contributed by atoms with Crippen LogP contribution in [-0.4, -0.2) is 23.1 Å². The lowest BCUT2D eigenvalue weighted by atomic mass is 10.1. The summed E-state index contributed by atoms with van der Waals surface area (Å²) in [6.07, 6.45) is -0.0183. The maximum Gasteiger partial charge on any atom is 0.134 e. The van der Waals surface area contributed by atoms with Crippen molar-refractivity contribution < 1.29 is 4.74 Å². The Morgan fingerprint density at radius 2 is 2.00 bits per heavy atom. The number of anilines is 1. The molecular formula is C15H18ClN3O. The number of nitrogens with zero attached hydrogens (tertiary/aromatic N) is 2. The van der Waals surface area contributed by atoms with Gasteiger partial charge in [-0.15, -0.1) is 0 Å². The molecule has 0 amide bonds. The van der Waals surface area contributed by atoms with E-state index in [1.807, 2.05) is 32.0 Å². The van der Waals surface area contributed by atoms with Gasteiger partial charge in [0.1, 0.15) is 16.8 Å². The van der Waals surface area contributed by atoms with E-state index >= 15 is 0 Å². The third kappa shape index (κ3) is 4.18. The molecule has 0 saturated heterocycles. The lowest BCUT2D eigenvalue weighted by molar-refractivity contribution is 0.0718. The Labute approximate surface area is 124 Å². The van der Waals surface area contributed by atoms with Crippen molar-refractivity contribution in [2.24, 2.45) is 0 Å². The summed E-state index contributed by atoms with van der Waals surface area (Å²) >= 11 is 5.92. The topological polar surface area (TPSA) is 47.0 Å². The van der Waals surface area contributed by atoms with Crippen LogP contribution < -0.4 is 5.32 Å². The average Bonchev–Trinajstić information content (AvgIpc) is 2.43. The molecule has 1 unspecified atom stereocenters. The monoisotopic (exact) mass is 291 g/mol. The summed E-state index contributed by atoms with van der Waals surface area (Å²) in [6, 6.07) is 11.8. The summed E-state index contributed by atoms with van der Waals surface area (Å²) in [7, 11) is 0. The highest BCUT2D eigenvalue weighted by molar-refractivity contribution is 6.29. The van der Waals surface area contributed by atoms with Gasteiger partial charge in [-0.2, -0.15) is 0 Å². The van der Waals surface area contributed by atoms with Gasteiger partial charge in [0.15, 0.2) is 0 Å². The fourth-order valence-corrected chi connectivity index (χ4v) is 2.19. The van der Waals surface area contributed by atoms with E-state index in [-0.39, 0.29) is 6.10 Å². The van der Waals surface area contributed by atoms with Gasteiger partial charge < -0.3 is 10.1 Å². The van der Waals surface area contributed by atoms with Crippen LogP contribution in [0.3, 0.4) is 0 Å². The summed E-state index contributed by atoms with van der Waals surface area (Å²) in [5.41, 5.74) is 1.14. The molecule has 1 atom stereocenters. The second-order valence-corrected chi connectivity index (χ2v) is 4.75. The van der Waals surface area contributed by atoms with E-state index in [1.165, 1.54) is 0 Å². The van der Waals surface area contributed by atoms with Gasteiger partial charge in [0.2, 0.25) is 0 Å². The van der Waals surface area contributed by atoms with Crippen LogP contribution in [0.15, 0.2) is 36.4 Å². The highest BCUT2D eigenvalue weighted by Crippen LogP contribution is 2.18. The number of hydrogen-bond donors (Lipinski definition) is 1. The second-order valence-electron chi connectivity index (χ2n) is 4.36. The maximum atomic E-state index is 5.92. The summed E-state index contributed by atoms with van der Waals surface area (Å²) in [5, 5.41) is 3.69. The highest BCUT2D eigenvalue weighted by atomic mass is 35.5. The van der Waals surface area contributed by atoms with E-state index in [1.54, 1.807) is 6.07 Å². The Morgan fingerprint density at radius 1 is 1.25 bits per heavy atom. The van der Waals surface area contributed by atoms with Gasteiger partial charge in [-0.1, -0.05) is 41.9 Å². The van der Waals surface area contributed by atoms with E-state index in [2.05, 4.69) is 27.4 Å². The van der Waals surface area contributed by atoms with Gasteiger partial charge in [-0.25, -0.2) is 9.97 Å². The fraction of sp³-hybridized carbons (Fsp3) is 0.333. The molecule has 20 heavy (non-hydrogen) atoms. The molecule has 2 aromatic rings. The quantitative estimate of drug-likeness (QED) is 0.826. The number of nitrogens with one attached hydrogen (secondary N) is 1. The lowest BCUT2D eigenvalue weighted by Crippen LogP contribution is -2.16. The van der Waals surface area contributed by atoms with E-state index in [0.717, 1.165) is 5.56 Å². The van der Waals surface area contributed by atoms with Crippen molar-refractivity contribution in [1.82, 2.24) is 9.97 Å². The zero-order valence-corrected chi connectivity index (χ0v) is 12.4. The normalized spacial score (nSPS) is 12.2. The standard InChI is InChI=1S/C15H18ClN3O/c1-3-20-13(12-7-5-4-6-8-12)10-17-15-9-14(16)18-11(2)19-15/h4-9,13H,3,10H2,1-2H3,(H,17,18,19). The summed E-state index contributed by atoms with van der Waals surface area (Å²) in [6.45, 7) is 5.09. The summed E-state index contributed by atoms with van der Waals surface area (Å²) in [4.78, 5) is 8.34. The van der Waals surface area contributed by atoms with E-state index in [9.17, 15) is 0 Å². The minimum Gasteiger partial charge on any atom is -0.372 e. The zero-order valence-electron chi connectivity index (χ0n) is 11.6. The Morgan fingerprint density at radius 3 is 2.65 bits per heavy atom. The molecule has 0 saturated carbocycles. The van der Waals surface area contributed by atoms with Gasteiger partial charge in [0.05, 0.1) is 6.10 Å². The number of aryl methyl sites for hydroxylation is 1. The minimum absolute atomic E-state index is 0.0183. The van der Waals surface area contributed by atoms with E-state index in [0.29, 0.717) is 29.9 Å². The molecule has 4 nitrogen and oxygen atoms in total. The van der Waals surface area contributed by atoms with Crippen molar-refractivity contribution in [3.8, 4) is 0 Å². The van der Waals surface area contributed by atoms with Crippen molar-refractivity contribution in [3.63, 3.8) is 0 Å². The molecule has 5 heteroatoms. The number of aromatic nitrogens is 2. The second kappa shape index (κ2) is 7.22. The molecule has 0 spiro atoms. The van der Waals surface area contributed by atoms with Gasteiger partial charge in [0, 0.05) is 19.2 Å². The lowest BCUT2D eigenvalue weighted by Gasteiger charge is -2.18. The third-order valence-corrected chi connectivity index (χ3v) is 3.01. The van der Waals surface area contributed by atoms with E-state index < -0.39 is 0 Å². The largest absolute Gasteiger partial charge is 0.372 e. The zero-order chi connectivity index (χ0) is 14.4. The summed E-state index contributed by atoms with van der Waals surface area (Å²) < 4.78 is 5.77. The SMILES string of the molecule is CCOC(CNc1cc(Cl)nc(C)n1)c1ccccc1.